The van der Waals surface area contributed by atoms with Gasteiger partial charge in [-0.25, -0.2) is 15.0 Å². The third kappa shape index (κ3) is 3.57. The summed E-state index contributed by atoms with van der Waals surface area (Å²) < 4.78 is 13.6. The highest BCUT2D eigenvalue weighted by Gasteiger charge is 2.45. The van der Waals surface area contributed by atoms with E-state index in [1.54, 1.807) is 4.57 Å². The third-order valence-corrected chi connectivity index (χ3v) is 6.61. The van der Waals surface area contributed by atoms with Crippen LogP contribution in [-0.4, -0.2) is 61.3 Å². The van der Waals surface area contributed by atoms with Crippen molar-refractivity contribution in [3.63, 3.8) is 0 Å². The second-order valence-electron chi connectivity index (χ2n) is 8.50. The van der Waals surface area contributed by atoms with E-state index in [9.17, 15) is 10.2 Å². The third-order valence-electron chi connectivity index (χ3n) is 6.61. The zero-order valence-electron chi connectivity index (χ0n) is 17.2. The molecule has 1 aromatic carbocycles. The van der Waals surface area contributed by atoms with E-state index in [1.165, 1.54) is 31.1 Å². The van der Waals surface area contributed by atoms with E-state index in [0.29, 0.717) is 17.8 Å². The molecule has 1 saturated carbocycles. The SMILES string of the molecule is Nc1ncnc2c1ncn2[C@@H]1O[C@H](COCC2(c3ccccc3)CCCC2)[C@@H](O)[C@H]1O. The normalized spacial score (nSPS) is 27.8. The van der Waals surface area contributed by atoms with E-state index in [-0.39, 0.29) is 17.8 Å². The van der Waals surface area contributed by atoms with Crippen LogP contribution in [-0.2, 0) is 14.9 Å². The molecule has 3 heterocycles. The van der Waals surface area contributed by atoms with Crippen LogP contribution in [0.15, 0.2) is 43.0 Å². The van der Waals surface area contributed by atoms with Crippen molar-refractivity contribution >= 4 is 17.0 Å². The highest BCUT2D eigenvalue weighted by atomic mass is 16.6. The predicted molar refractivity (Wildman–Crippen MR) is 113 cm³/mol. The molecule has 5 rings (SSSR count). The first-order valence-electron chi connectivity index (χ1n) is 10.7. The summed E-state index contributed by atoms with van der Waals surface area (Å²) in [4.78, 5) is 12.3. The van der Waals surface area contributed by atoms with Crippen molar-refractivity contribution in [2.24, 2.45) is 0 Å². The van der Waals surface area contributed by atoms with Gasteiger partial charge in [0.1, 0.15) is 30.2 Å². The Labute approximate surface area is 179 Å². The van der Waals surface area contributed by atoms with Crippen LogP contribution in [0.5, 0.6) is 0 Å². The Balaban J connectivity index is 1.28. The lowest BCUT2D eigenvalue weighted by Gasteiger charge is -2.30. The van der Waals surface area contributed by atoms with E-state index in [1.807, 2.05) is 6.07 Å². The Hall–Kier alpha value is -2.59. The van der Waals surface area contributed by atoms with Gasteiger partial charge in [0.15, 0.2) is 17.7 Å². The summed E-state index contributed by atoms with van der Waals surface area (Å²) in [5, 5.41) is 21.2. The van der Waals surface area contributed by atoms with Gasteiger partial charge in [-0.2, -0.15) is 0 Å². The van der Waals surface area contributed by atoms with Crippen LogP contribution in [0.4, 0.5) is 5.82 Å². The monoisotopic (exact) mass is 425 g/mol. The first-order valence-corrected chi connectivity index (χ1v) is 10.7. The van der Waals surface area contributed by atoms with Crippen LogP contribution in [0.2, 0.25) is 0 Å². The Bertz CT molecular complexity index is 1040. The lowest BCUT2D eigenvalue weighted by atomic mass is 9.80. The fraction of sp³-hybridized carbons (Fsp3) is 0.500. The maximum atomic E-state index is 10.6. The Kier molecular flexibility index (Phi) is 5.35. The molecule has 0 amide bonds. The zero-order valence-corrected chi connectivity index (χ0v) is 17.2. The summed E-state index contributed by atoms with van der Waals surface area (Å²) in [7, 11) is 0. The number of hydrogen-bond acceptors (Lipinski definition) is 8. The van der Waals surface area contributed by atoms with Crippen LogP contribution in [0.1, 0.15) is 37.5 Å². The maximum Gasteiger partial charge on any atom is 0.167 e. The van der Waals surface area contributed by atoms with Crippen LogP contribution >= 0.6 is 0 Å². The summed E-state index contributed by atoms with van der Waals surface area (Å²) in [5.41, 5.74) is 8.01. The molecule has 164 valence electrons. The van der Waals surface area contributed by atoms with Gasteiger partial charge in [-0.05, 0) is 18.4 Å². The van der Waals surface area contributed by atoms with Crippen molar-refractivity contribution in [2.45, 2.75) is 55.6 Å². The number of anilines is 1. The summed E-state index contributed by atoms with van der Waals surface area (Å²) in [5.74, 6) is 0.249. The second kappa shape index (κ2) is 8.16. The highest BCUT2D eigenvalue weighted by Crippen LogP contribution is 2.41. The average Bonchev–Trinajstić information content (AvgIpc) is 3.50. The molecular formula is C22H27N5O4. The smallest absolute Gasteiger partial charge is 0.167 e. The van der Waals surface area contributed by atoms with Gasteiger partial charge >= 0.3 is 0 Å². The molecular weight excluding hydrogens is 398 g/mol. The molecule has 1 aliphatic heterocycles. The number of hydrogen-bond donors (Lipinski definition) is 3. The number of aliphatic hydroxyl groups excluding tert-OH is 2. The number of nitrogen functional groups attached to an aromatic ring is 1. The van der Waals surface area contributed by atoms with E-state index < -0.39 is 24.5 Å². The molecule has 2 fully saturated rings. The standard InChI is InChI=1S/C22H27N5O4/c23-19-16-20(25-12-24-19)27(13-26-16)21-18(29)17(28)15(31-21)10-30-11-22(8-4-5-9-22)14-6-2-1-3-7-14/h1-3,6-7,12-13,15,17-18,21,28-29H,4-5,8-11H2,(H2,23,24,25)/t15-,17-,18-,21-/m1/s1. The molecule has 0 radical (unpaired) electrons. The van der Waals surface area contributed by atoms with E-state index >= 15 is 0 Å². The largest absolute Gasteiger partial charge is 0.387 e. The highest BCUT2D eigenvalue weighted by molar-refractivity contribution is 5.81. The van der Waals surface area contributed by atoms with Gasteiger partial charge in [-0.1, -0.05) is 43.2 Å². The van der Waals surface area contributed by atoms with Crippen LogP contribution in [0, 0.1) is 0 Å². The minimum Gasteiger partial charge on any atom is -0.387 e. The topological polar surface area (TPSA) is 129 Å². The number of nitrogens with zero attached hydrogens (tertiary/aromatic N) is 4. The van der Waals surface area contributed by atoms with Crippen LogP contribution < -0.4 is 5.73 Å². The van der Waals surface area contributed by atoms with Gasteiger partial charge in [0.2, 0.25) is 0 Å². The Morgan fingerprint density at radius 3 is 2.65 bits per heavy atom. The van der Waals surface area contributed by atoms with Gasteiger partial charge in [0.25, 0.3) is 0 Å². The number of rotatable bonds is 6. The molecule has 1 aliphatic carbocycles. The molecule has 4 atom stereocenters. The minimum atomic E-state index is -1.14. The molecule has 0 bridgehead atoms. The number of imidazole rings is 1. The molecule has 9 heteroatoms. The van der Waals surface area contributed by atoms with Crippen molar-refractivity contribution in [2.75, 3.05) is 18.9 Å². The molecule has 3 aromatic rings. The van der Waals surface area contributed by atoms with Gasteiger partial charge in [-0.15, -0.1) is 0 Å². The van der Waals surface area contributed by atoms with E-state index in [0.717, 1.165) is 12.8 Å². The lowest BCUT2D eigenvalue weighted by molar-refractivity contribution is -0.0713. The first-order chi connectivity index (χ1) is 15.1. The number of fused-ring (bicyclic) bond motifs is 1. The van der Waals surface area contributed by atoms with Crippen molar-refractivity contribution in [3.05, 3.63) is 48.5 Å². The summed E-state index contributed by atoms with van der Waals surface area (Å²) >= 11 is 0. The van der Waals surface area contributed by atoms with Gasteiger partial charge < -0.3 is 25.4 Å². The number of ether oxygens (including phenoxy) is 2. The Morgan fingerprint density at radius 2 is 1.87 bits per heavy atom. The molecule has 1 saturated heterocycles. The number of benzene rings is 1. The number of aliphatic hydroxyl groups is 2. The number of aromatic nitrogens is 4. The van der Waals surface area contributed by atoms with Crippen LogP contribution in [0.25, 0.3) is 11.2 Å². The van der Waals surface area contributed by atoms with E-state index in [2.05, 4.69) is 39.2 Å². The molecule has 0 unspecified atom stereocenters. The van der Waals surface area contributed by atoms with Crippen molar-refractivity contribution < 1.29 is 19.7 Å². The van der Waals surface area contributed by atoms with Crippen LogP contribution in [0.3, 0.4) is 0 Å². The molecule has 0 spiro atoms. The molecule has 9 nitrogen and oxygen atoms in total. The lowest BCUT2D eigenvalue weighted by Crippen LogP contribution is -2.36. The summed E-state index contributed by atoms with van der Waals surface area (Å²) in [6.07, 6.45) is 3.62. The molecule has 4 N–H and O–H groups in total. The van der Waals surface area contributed by atoms with Crippen molar-refractivity contribution in [1.82, 2.24) is 19.5 Å². The summed E-state index contributed by atoms with van der Waals surface area (Å²) in [6, 6.07) is 10.5. The Morgan fingerprint density at radius 1 is 1.10 bits per heavy atom. The van der Waals surface area contributed by atoms with Crippen molar-refractivity contribution in [3.8, 4) is 0 Å². The molecule has 2 aliphatic rings. The quantitative estimate of drug-likeness (QED) is 0.543. The fourth-order valence-corrected chi connectivity index (χ4v) is 4.88. The second-order valence-corrected chi connectivity index (χ2v) is 8.50. The molecule has 2 aromatic heterocycles. The fourth-order valence-electron chi connectivity index (χ4n) is 4.88. The van der Waals surface area contributed by atoms with Gasteiger partial charge in [-0.3, -0.25) is 4.57 Å². The minimum absolute atomic E-state index is 0.00215. The molecule has 31 heavy (non-hydrogen) atoms. The maximum absolute atomic E-state index is 10.6. The van der Waals surface area contributed by atoms with E-state index in [4.69, 9.17) is 15.2 Å². The predicted octanol–water partition coefficient (Wildman–Crippen LogP) is 1.56. The zero-order chi connectivity index (χ0) is 21.4. The average molecular weight is 425 g/mol. The van der Waals surface area contributed by atoms with Crippen molar-refractivity contribution in [1.29, 1.82) is 0 Å². The van der Waals surface area contributed by atoms with Gasteiger partial charge in [0, 0.05) is 5.41 Å². The van der Waals surface area contributed by atoms with Gasteiger partial charge in [0.05, 0.1) is 19.5 Å². The number of nitrogens with two attached hydrogens (primary N) is 1. The summed E-state index contributed by atoms with van der Waals surface area (Å²) in [6.45, 7) is 0.745. The first kappa shape index (κ1) is 20.3.